The van der Waals surface area contributed by atoms with Crippen LogP contribution in [-0.4, -0.2) is 0 Å². The summed E-state index contributed by atoms with van der Waals surface area (Å²) in [4.78, 5) is 7.25. The van der Waals surface area contributed by atoms with Crippen LogP contribution in [0.4, 0.5) is 51.2 Å². The number of benzene rings is 11. The molecule has 0 radical (unpaired) electrons. The summed E-state index contributed by atoms with van der Waals surface area (Å²) in [6.07, 6.45) is 0. The Kier molecular flexibility index (Phi) is 9.99. The maximum absolute atomic E-state index is 6.21. The second kappa shape index (κ2) is 17.1. The molecule has 0 fully saturated rings. The third-order valence-corrected chi connectivity index (χ3v) is 14.4. The molecule has 0 saturated carbocycles. The van der Waals surface area contributed by atoms with Gasteiger partial charge in [0, 0.05) is 54.4 Å². The Labute approximate surface area is 404 Å². The van der Waals surface area contributed by atoms with Gasteiger partial charge in [0.2, 0.25) is 0 Å². The van der Waals surface area contributed by atoms with Gasteiger partial charge in [-0.2, -0.15) is 0 Å². The molecule has 0 aliphatic rings. The molecule has 0 aliphatic carbocycles. The van der Waals surface area contributed by atoms with Gasteiger partial charge in [-0.25, -0.2) is 0 Å². The van der Waals surface area contributed by atoms with Crippen molar-refractivity contribution in [3.8, 4) is 11.1 Å². The van der Waals surface area contributed by atoms with Gasteiger partial charge in [0.05, 0.1) is 33.1 Å². The quantitative estimate of drug-likeness (QED) is 0.136. The number of fused-ring (bicyclic) bond motifs is 7. The first kappa shape index (κ1) is 40.4. The van der Waals surface area contributed by atoms with Crippen LogP contribution in [0.2, 0.25) is 0 Å². The third-order valence-electron chi connectivity index (χ3n) is 13.2. The standard InChI is InChI=1S/C64H43N3OS/c1-4-20-47(21-5-1)65(48-22-6-2-7-23-48)51-41-52(43-53(42-51)67(49-24-8-3-9-25-49)60-31-17-29-57-56-28-13-15-33-63(56)69-64(57)60)66(59-30-16-19-45-18-10-11-26-54(45)59)50-37-34-44(35-38-50)46-36-39-62-58(40-46)55-27-12-14-32-61(55)68-62/h1-43H. The molecule has 0 aliphatic heterocycles. The van der Waals surface area contributed by atoms with E-state index in [-0.39, 0.29) is 0 Å². The lowest BCUT2D eigenvalue weighted by Gasteiger charge is -2.33. The van der Waals surface area contributed by atoms with Crippen LogP contribution in [0, 0.1) is 0 Å². The van der Waals surface area contributed by atoms with Crippen LogP contribution in [0.1, 0.15) is 0 Å². The molecule has 13 aromatic rings. The molecule has 0 bridgehead atoms. The predicted molar refractivity (Wildman–Crippen MR) is 294 cm³/mol. The molecule has 0 amide bonds. The highest BCUT2D eigenvalue weighted by Crippen LogP contribution is 2.50. The number of hydrogen-bond acceptors (Lipinski definition) is 5. The summed E-state index contributed by atoms with van der Waals surface area (Å²) in [6.45, 7) is 0. The van der Waals surface area contributed by atoms with Crippen molar-refractivity contribution in [2.75, 3.05) is 14.7 Å². The van der Waals surface area contributed by atoms with Crippen molar-refractivity contribution in [2.24, 2.45) is 0 Å². The third kappa shape index (κ3) is 7.24. The molecule has 2 heterocycles. The Hall–Kier alpha value is -8.90. The molecule has 326 valence electrons. The number of rotatable bonds is 10. The van der Waals surface area contributed by atoms with Crippen LogP contribution >= 0.6 is 11.3 Å². The molecular weight excluding hydrogens is 859 g/mol. The van der Waals surface area contributed by atoms with Crippen molar-refractivity contribution in [3.05, 3.63) is 261 Å². The van der Waals surface area contributed by atoms with Crippen molar-refractivity contribution in [3.63, 3.8) is 0 Å². The summed E-state index contributed by atoms with van der Waals surface area (Å²) in [5, 5.41) is 7.09. The minimum atomic E-state index is 0.891. The van der Waals surface area contributed by atoms with E-state index in [0.29, 0.717) is 0 Å². The highest BCUT2D eigenvalue weighted by atomic mass is 32.1. The van der Waals surface area contributed by atoms with Crippen molar-refractivity contribution in [1.29, 1.82) is 0 Å². The van der Waals surface area contributed by atoms with Gasteiger partial charge in [-0.05, 0) is 120 Å². The minimum Gasteiger partial charge on any atom is -0.456 e. The number of hydrogen-bond donors (Lipinski definition) is 0. The van der Waals surface area contributed by atoms with Crippen LogP contribution in [0.5, 0.6) is 0 Å². The zero-order chi connectivity index (χ0) is 45.7. The minimum absolute atomic E-state index is 0.891. The number of para-hydroxylation sites is 4. The van der Waals surface area contributed by atoms with Crippen molar-refractivity contribution < 1.29 is 4.42 Å². The number of thiophene rings is 1. The zero-order valence-electron chi connectivity index (χ0n) is 37.5. The molecule has 0 spiro atoms. The topological polar surface area (TPSA) is 22.9 Å². The lowest BCUT2D eigenvalue weighted by atomic mass is 10.0. The molecular formula is C64H43N3OS. The summed E-state index contributed by atoms with van der Waals surface area (Å²) >= 11 is 1.85. The summed E-state index contributed by atoms with van der Waals surface area (Å²) < 4.78 is 8.72. The molecule has 0 atom stereocenters. The van der Waals surface area contributed by atoms with E-state index in [0.717, 1.165) is 89.6 Å². The zero-order valence-corrected chi connectivity index (χ0v) is 38.3. The Balaban J connectivity index is 1.07. The highest BCUT2D eigenvalue weighted by molar-refractivity contribution is 7.26. The van der Waals surface area contributed by atoms with E-state index in [2.05, 4.69) is 263 Å². The fraction of sp³-hybridized carbons (Fsp3) is 0. The summed E-state index contributed by atoms with van der Waals surface area (Å²) in [5.41, 5.74) is 13.6. The van der Waals surface area contributed by atoms with E-state index < -0.39 is 0 Å². The van der Waals surface area contributed by atoms with Crippen molar-refractivity contribution in [1.82, 2.24) is 0 Å². The van der Waals surface area contributed by atoms with Gasteiger partial charge in [-0.1, -0.05) is 158 Å². The van der Waals surface area contributed by atoms with Gasteiger partial charge in [0.25, 0.3) is 0 Å². The molecule has 0 saturated heterocycles. The lowest BCUT2D eigenvalue weighted by Crippen LogP contribution is -2.16. The largest absolute Gasteiger partial charge is 0.456 e. The van der Waals surface area contributed by atoms with Crippen LogP contribution in [0.15, 0.2) is 265 Å². The van der Waals surface area contributed by atoms with Gasteiger partial charge < -0.3 is 19.1 Å². The van der Waals surface area contributed by atoms with Crippen LogP contribution in [-0.2, 0) is 0 Å². The number of furan rings is 1. The average molecular weight is 902 g/mol. The van der Waals surface area contributed by atoms with E-state index in [4.69, 9.17) is 4.42 Å². The number of nitrogens with zero attached hydrogens (tertiary/aromatic N) is 3. The monoisotopic (exact) mass is 901 g/mol. The number of anilines is 9. The molecule has 0 unspecified atom stereocenters. The van der Waals surface area contributed by atoms with Crippen LogP contribution in [0.3, 0.4) is 0 Å². The first-order chi connectivity index (χ1) is 34.2. The molecule has 13 rings (SSSR count). The van der Waals surface area contributed by atoms with Gasteiger partial charge in [-0.15, -0.1) is 11.3 Å². The maximum Gasteiger partial charge on any atom is 0.135 e. The molecule has 4 nitrogen and oxygen atoms in total. The second-order valence-corrected chi connectivity index (χ2v) is 18.4. The SMILES string of the molecule is c1ccc(N(c2ccccc2)c2cc(N(c3ccc(-c4ccc5oc6ccccc6c5c4)cc3)c3cccc4ccccc34)cc(N(c3ccccc3)c3cccc4c3sc3ccccc34)c2)cc1. The van der Waals surface area contributed by atoms with Crippen molar-refractivity contribution >= 4 is 115 Å². The molecule has 69 heavy (non-hydrogen) atoms. The highest BCUT2D eigenvalue weighted by Gasteiger charge is 2.25. The Bertz CT molecular complexity index is 3930. The van der Waals surface area contributed by atoms with E-state index in [1.807, 2.05) is 23.5 Å². The molecule has 5 heteroatoms. The lowest BCUT2D eigenvalue weighted by molar-refractivity contribution is 0.669. The molecule has 11 aromatic carbocycles. The van der Waals surface area contributed by atoms with E-state index >= 15 is 0 Å². The van der Waals surface area contributed by atoms with Crippen molar-refractivity contribution in [2.45, 2.75) is 0 Å². The summed E-state index contributed by atoms with van der Waals surface area (Å²) in [5.74, 6) is 0. The van der Waals surface area contributed by atoms with E-state index in [1.54, 1.807) is 0 Å². The maximum atomic E-state index is 6.21. The average Bonchev–Trinajstić information content (AvgIpc) is 3.99. The smallest absolute Gasteiger partial charge is 0.135 e. The second-order valence-electron chi connectivity index (χ2n) is 17.3. The normalized spacial score (nSPS) is 11.5. The summed E-state index contributed by atoms with van der Waals surface area (Å²) in [7, 11) is 0. The van der Waals surface area contributed by atoms with Gasteiger partial charge in [0.15, 0.2) is 0 Å². The fourth-order valence-corrected chi connectivity index (χ4v) is 11.2. The van der Waals surface area contributed by atoms with Gasteiger partial charge in [0.1, 0.15) is 11.2 Å². The Morgan fingerprint density at radius 3 is 1.46 bits per heavy atom. The first-order valence-electron chi connectivity index (χ1n) is 23.3. The molecule has 2 aromatic heterocycles. The van der Waals surface area contributed by atoms with E-state index in [9.17, 15) is 0 Å². The van der Waals surface area contributed by atoms with Gasteiger partial charge in [-0.3, -0.25) is 0 Å². The molecule has 0 N–H and O–H groups in total. The van der Waals surface area contributed by atoms with Crippen LogP contribution in [0.25, 0.3) is 64.0 Å². The Morgan fingerprint density at radius 2 is 0.754 bits per heavy atom. The fourth-order valence-electron chi connectivity index (χ4n) is 10.0. The Morgan fingerprint density at radius 1 is 0.275 bits per heavy atom. The van der Waals surface area contributed by atoms with Crippen LogP contribution < -0.4 is 14.7 Å². The summed E-state index contributed by atoms with van der Waals surface area (Å²) in [6, 6.07) is 93.9. The van der Waals surface area contributed by atoms with E-state index in [1.165, 1.54) is 25.6 Å². The first-order valence-corrected chi connectivity index (χ1v) is 24.1. The predicted octanol–water partition coefficient (Wildman–Crippen LogP) is 19.2. The van der Waals surface area contributed by atoms with Gasteiger partial charge >= 0.3 is 0 Å².